The average molecular weight is 349 g/mol. The lowest BCUT2D eigenvalue weighted by Gasteiger charge is -2.10. The summed E-state index contributed by atoms with van der Waals surface area (Å²) in [7, 11) is 1.63. The zero-order valence-electron chi connectivity index (χ0n) is 10.7. The van der Waals surface area contributed by atoms with Crippen molar-refractivity contribution in [3.05, 3.63) is 58.0 Å². The van der Waals surface area contributed by atoms with Crippen molar-refractivity contribution >= 4 is 38.4 Å². The molecule has 0 fully saturated rings. The fraction of sp³-hybridized carbons (Fsp3) is 0.0625. The summed E-state index contributed by atoms with van der Waals surface area (Å²) < 4.78 is 6.30. The Hall–Kier alpha value is -1.58. The number of hydrogen-bond donors (Lipinski definition) is 0. The topological polar surface area (TPSA) is 22.1 Å². The molecule has 20 heavy (non-hydrogen) atoms. The van der Waals surface area contributed by atoms with E-state index in [0.717, 1.165) is 26.6 Å². The number of hydrogen-bond acceptors (Lipinski definition) is 2. The highest BCUT2D eigenvalue weighted by atomic mass is 79.9. The predicted molar refractivity (Wildman–Crippen MR) is 86.4 cm³/mol. The number of nitrogens with zero attached hydrogens (tertiary/aromatic N) is 1. The molecule has 2 aromatic carbocycles. The van der Waals surface area contributed by atoms with Gasteiger partial charge in [0.2, 0.25) is 0 Å². The number of pyridine rings is 1. The molecule has 0 aliphatic heterocycles. The minimum absolute atomic E-state index is 0.666. The minimum atomic E-state index is 0.666. The first-order valence-corrected chi connectivity index (χ1v) is 7.26. The van der Waals surface area contributed by atoms with E-state index in [0.29, 0.717) is 10.8 Å². The first kappa shape index (κ1) is 13.4. The largest absolute Gasteiger partial charge is 0.493 e. The van der Waals surface area contributed by atoms with Gasteiger partial charge in [0, 0.05) is 10.9 Å². The molecule has 0 saturated heterocycles. The van der Waals surface area contributed by atoms with Crippen molar-refractivity contribution < 1.29 is 4.74 Å². The molecule has 0 aliphatic carbocycles. The van der Waals surface area contributed by atoms with Crippen molar-refractivity contribution in [2.45, 2.75) is 0 Å². The fourth-order valence-corrected chi connectivity index (χ4v) is 2.89. The van der Waals surface area contributed by atoms with E-state index in [9.17, 15) is 0 Å². The highest BCUT2D eigenvalue weighted by Crippen LogP contribution is 2.37. The van der Waals surface area contributed by atoms with Crippen LogP contribution in [0.1, 0.15) is 0 Å². The molecule has 1 heterocycles. The summed E-state index contributed by atoms with van der Waals surface area (Å²) in [5.41, 5.74) is 2.62. The summed E-state index contributed by atoms with van der Waals surface area (Å²) in [6.07, 6.45) is 0. The third kappa shape index (κ3) is 2.28. The number of ether oxygens (including phenoxy) is 1. The van der Waals surface area contributed by atoms with Gasteiger partial charge in [-0.25, -0.2) is 4.98 Å². The molecule has 0 unspecified atom stereocenters. The van der Waals surface area contributed by atoms with Crippen LogP contribution in [0.2, 0.25) is 5.02 Å². The molecule has 3 aromatic rings. The predicted octanol–water partition coefficient (Wildman–Crippen LogP) is 5.33. The molecule has 0 saturated carbocycles. The third-order valence-corrected chi connectivity index (χ3v) is 4.05. The van der Waals surface area contributed by atoms with Crippen molar-refractivity contribution in [3.63, 3.8) is 0 Å². The number of halogens is 2. The summed E-state index contributed by atoms with van der Waals surface area (Å²) in [6.45, 7) is 0. The van der Waals surface area contributed by atoms with E-state index in [1.165, 1.54) is 0 Å². The first-order valence-electron chi connectivity index (χ1n) is 6.09. The van der Waals surface area contributed by atoms with E-state index in [1.54, 1.807) is 7.11 Å². The minimum Gasteiger partial charge on any atom is -0.493 e. The quantitative estimate of drug-likeness (QED) is 0.625. The molecule has 0 aliphatic rings. The Morgan fingerprint density at radius 3 is 2.55 bits per heavy atom. The Morgan fingerprint density at radius 2 is 1.85 bits per heavy atom. The molecular weight excluding hydrogens is 338 g/mol. The van der Waals surface area contributed by atoms with Gasteiger partial charge in [0.15, 0.2) is 5.75 Å². The normalized spacial score (nSPS) is 10.8. The van der Waals surface area contributed by atoms with Crippen LogP contribution in [0.25, 0.3) is 22.2 Å². The van der Waals surface area contributed by atoms with Gasteiger partial charge in [-0.2, -0.15) is 0 Å². The van der Waals surface area contributed by atoms with E-state index in [1.807, 2.05) is 48.5 Å². The highest BCUT2D eigenvalue weighted by Gasteiger charge is 2.12. The van der Waals surface area contributed by atoms with Crippen molar-refractivity contribution in [2.75, 3.05) is 7.11 Å². The van der Waals surface area contributed by atoms with Gasteiger partial charge in [-0.1, -0.05) is 41.9 Å². The van der Waals surface area contributed by atoms with E-state index in [2.05, 4.69) is 15.9 Å². The van der Waals surface area contributed by atoms with Gasteiger partial charge in [-0.05, 0) is 34.1 Å². The van der Waals surface area contributed by atoms with E-state index >= 15 is 0 Å². The van der Waals surface area contributed by atoms with Crippen LogP contribution in [0.15, 0.2) is 53.0 Å². The molecule has 0 amide bonds. The lowest BCUT2D eigenvalue weighted by atomic mass is 10.1. The van der Waals surface area contributed by atoms with E-state index < -0.39 is 0 Å². The standard InChI is InChI=1S/C16H11BrClNO/c1-20-16-12(17)8-7-11-13(18)9-14(19-15(11)16)10-5-3-2-4-6-10/h2-9H,1H3. The van der Waals surface area contributed by atoms with E-state index in [4.69, 9.17) is 21.3 Å². The summed E-state index contributed by atoms with van der Waals surface area (Å²) >= 11 is 9.86. The molecule has 1 aromatic heterocycles. The Morgan fingerprint density at radius 1 is 1.10 bits per heavy atom. The number of rotatable bonds is 2. The second-order valence-electron chi connectivity index (χ2n) is 4.33. The Labute approximate surface area is 130 Å². The molecular formula is C16H11BrClNO. The number of methoxy groups -OCH3 is 1. The molecule has 0 bridgehead atoms. The van der Waals surface area contributed by atoms with Crippen LogP contribution in [-0.2, 0) is 0 Å². The van der Waals surface area contributed by atoms with Crippen LogP contribution in [-0.4, -0.2) is 12.1 Å². The van der Waals surface area contributed by atoms with Crippen LogP contribution in [0.5, 0.6) is 5.75 Å². The lowest BCUT2D eigenvalue weighted by Crippen LogP contribution is -1.92. The SMILES string of the molecule is COc1c(Br)ccc2c(Cl)cc(-c3ccccc3)nc12. The Kier molecular flexibility index (Phi) is 3.64. The molecule has 0 N–H and O–H groups in total. The maximum Gasteiger partial charge on any atom is 0.159 e. The molecule has 3 rings (SSSR count). The summed E-state index contributed by atoms with van der Waals surface area (Å²) in [5.74, 6) is 0.696. The van der Waals surface area contributed by atoms with Crippen LogP contribution in [0, 0.1) is 0 Å². The monoisotopic (exact) mass is 347 g/mol. The number of fused-ring (bicyclic) bond motifs is 1. The van der Waals surface area contributed by atoms with Crippen molar-refractivity contribution in [1.82, 2.24) is 4.98 Å². The van der Waals surface area contributed by atoms with Crippen LogP contribution < -0.4 is 4.74 Å². The second kappa shape index (κ2) is 5.43. The van der Waals surface area contributed by atoms with Gasteiger partial charge in [-0.15, -0.1) is 0 Å². The molecule has 100 valence electrons. The maximum atomic E-state index is 6.38. The summed E-state index contributed by atoms with van der Waals surface area (Å²) in [4.78, 5) is 4.70. The van der Waals surface area contributed by atoms with Gasteiger partial charge >= 0.3 is 0 Å². The Bertz CT molecular complexity index is 774. The van der Waals surface area contributed by atoms with Gasteiger partial charge in [0.1, 0.15) is 5.52 Å². The number of benzene rings is 2. The van der Waals surface area contributed by atoms with Crippen molar-refractivity contribution in [1.29, 1.82) is 0 Å². The highest BCUT2D eigenvalue weighted by molar-refractivity contribution is 9.10. The van der Waals surface area contributed by atoms with Gasteiger partial charge in [0.05, 0.1) is 22.3 Å². The molecule has 2 nitrogen and oxygen atoms in total. The zero-order chi connectivity index (χ0) is 14.1. The fourth-order valence-electron chi connectivity index (χ4n) is 2.15. The summed E-state index contributed by atoms with van der Waals surface area (Å²) in [5, 5.41) is 1.55. The molecule has 0 spiro atoms. The molecule has 0 radical (unpaired) electrons. The van der Waals surface area contributed by atoms with E-state index in [-0.39, 0.29) is 0 Å². The molecule has 4 heteroatoms. The maximum absolute atomic E-state index is 6.38. The van der Waals surface area contributed by atoms with Crippen molar-refractivity contribution in [3.8, 4) is 17.0 Å². The van der Waals surface area contributed by atoms with Crippen LogP contribution >= 0.6 is 27.5 Å². The third-order valence-electron chi connectivity index (χ3n) is 3.11. The van der Waals surface area contributed by atoms with Crippen molar-refractivity contribution in [2.24, 2.45) is 0 Å². The van der Waals surface area contributed by atoms with Crippen LogP contribution in [0.4, 0.5) is 0 Å². The zero-order valence-corrected chi connectivity index (χ0v) is 13.1. The lowest BCUT2D eigenvalue weighted by molar-refractivity contribution is 0.416. The van der Waals surface area contributed by atoms with Gasteiger partial charge < -0.3 is 4.74 Å². The van der Waals surface area contributed by atoms with Crippen LogP contribution in [0.3, 0.4) is 0 Å². The van der Waals surface area contributed by atoms with Gasteiger partial charge in [-0.3, -0.25) is 0 Å². The number of aromatic nitrogens is 1. The Balaban J connectivity index is 2.32. The summed E-state index contributed by atoms with van der Waals surface area (Å²) in [6, 6.07) is 15.7. The smallest absolute Gasteiger partial charge is 0.159 e. The van der Waals surface area contributed by atoms with Gasteiger partial charge in [0.25, 0.3) is 0 Å². The average Bonchev–Trinajstić information content (AvgIpc) is 2.48. The second-order valence-corrected chi connectivity index (χ2v) is 5.59. The molecule has 0 atom stereocenters. The first-order chi connectivity index (χ1) is 9.70.